The first-order chi connectivity index (χ1) is 10.1. The predicted molar refractivity (Wildman–Crippen MR) is 78.4 cm³/mol. The van der Waals surface area contributed by atoms with Crippen LogP contribution in [0.4, 0.5) is 5.69 Å². The number of nitrogens with zero attached hydrogens (tertiary/aromatic N) is 1. The molecule has 2 aromatic rings. The van der Waals surface area contributed by atoms with Gasteiger partial charge in [0.05, 0.1) is 4.92 Å². The van der Waals surface area contributed by atoms with E-state index in [-0.39, 0.29) is 17.4 Å². The largest absolute Gasteiger partial charge is 0.451 e. The van der Waals surface area contributed by atoms with Gasteiger partial charge in [0, 0.05) is 30.6 Å². The smallest absolute Gasteiger partial charge is 0.287 e. The van der Waals surface area contributed by atoms with Crippen LogP contribution in [0, 0.1) is 10.1 Å². The topological polar surface area (TPSA) is 97.4 Å². The number of hydrogen-bond acceptors (Lipinski definition) is 5. The molecule has 2 rings (SSSR count). The van der Waals surface area contributed by atoms with Crippen LogP contribution in [0.2, 0.25) is 0 Å². The second-order valence-electron chi connectivity index (χ2n) is 4.60. The van der Waals surface area contributed by atoms with Crippen molar-refractivity contribution in [3.05, 3.63) is 40.1 Å². The number of nitro groups is 1. The normalized spacial score (nSPS) is 10.7. The Labute approximate surface area is 121 Å². The lowest BCUT2D eigenvalue weighted by Crippen LogP contribution is -2.31. The van der Waals surface area contributed by atoms with Crippen molar-refractivity contribution in [1.29, 1.82) is 0 Å². The van der Waals surface area contributed by atoms with Gasteiger partial charge in [-0.05, 0) is 25.1 Å². The van der Waals surface area contributed by atoms with Gasteiger partial charge in [0.15, 0.2) is 5.76 Å². The standard InChI is InChI=1S/C14H17N3O4/c1-2-5-15-6-7-16-14(18)13-9-10-8-11(17(19)20)3-4-12(10)21-13/h3-4,8-9,15H,2,5-7H2,1H3,(H,16,18). The van der Waals surface area contributed by atoms with Crippen molar-refractivity contribution >= 4 is 22.6 Å². The first-order valence-corrected chi connectivity index (χ1v) is 6.78. The van der Waals surface area contributed by atoms with E-state index in [1.54, 1.807) is 0 Å². The summed E-state index contributed by atoms with van der Waals surface area (Å²) >= 11 is 0. The van der Waals surface area contributed by atoms with Gasteiger partial charge in [0.2, 0.25) is 0 Å². The maximum absolute atomic E-state index is 11.9. The zero-order valence-corrected chi connectivity index (χ0v) is 11.7. The summed E-state index contributed by atoms with van der Waals surface area (Å²) in [7, 11) is 0. The number of amides is 1. The average Bonchev–Trinajstić information content (AvgIpc) is 2.89. The molecule has 0 saturated heterocycles. The summed E-state index contributed by atoms with van der Waals surface area (Å²) in [5.74, 6) is -0.173. The molecule has 7 nitrogen and oxygen atoms in total. The number of nitro benzene ring substituents is 1. The second kappa shape index (κ2) is 6.85. The van der Waals surface area contributed by atoms with E-state index in [0.717, 1.165) is 13.0 Å². The Morgan fingerprint density at radius 3 is 2.81 bits per heavy atom. The van der Waals surface area contributed by atoms with Crippen molar-refractivity contribution in [2.24, 2.45) is 0 Å². The minimum atomic E-state index is -0.481. The van der Waals surface area contributed by atoms with Crippen molar-refractivity contribution in [2.45, 2.75) is 13.3 Å². The van der Waals surface area contributed by atoms with Gasteiger partial charge in [0.1, 0.15) is 5.58 Å². The summed E-state index contributed by atoms with van der Waals surface area (Å²) in [5, 5.41) is 17.1. The highest BCUT2D eigenvalue weighted by molar-refractivity contribution is 5.96. The van der Waals surface area contributed by atoms with Crippen LogP contribution in [0.3, 0.4) is 0 Å². The molecule has 112 valence electrons. The van der Waals surface area contributed by atoms with Crippen molar-refractivity contribution < 1.29 is 14.1 Å². The lowest BCUT2D eigenvalue weighted by atomic mass is 10.2. The highest BCUT2D eigenvalue weighted by Gasteiger charge is 2.14. The molecule has 1 amide bonds. The average molecular weight is 291 g/mol. The molecule has 0 bridgehead atoms. The van der Waals surface area contributed by atoms with Gasteiger partial charge in [0.25, 0.3) is 11.6 Å². The van der Waals surface area contributed by atoms with E-state index in [1.165, 1.54) is 24.3 Å². The molecule has 1 aromatic carbocycles. The Morgan fingerprint density at radius 2 is 2.10 bits per heavy atom. The maximum Gasteiger partial charge on any atom is 0.287 e. The molecular formula is C14H17N3O4. The number of non-ortho nitro benzene ring substituents is 1. The monoisotopic (exact) mass is 291 g/mol. The van der Waals surface area contributed by atoms with E-state index in [9.17, 15) is 14.9 Å². The molecule has 0 unspecified atom stereocenters. The summed E-state index contributed by atoms with van der Waals surface area (Å²) in [6, 6.07) is 5.74. The van der Waals surface area contributed by atoms with Crippen molar-refractivity contribution in [3.63, 3.8) is 0 Å². The molecule has 0 spiro atoms. The molecule has 0 aliphatic heterocycles. The van der Waals surface area contributed by atoms with Crippen LogP contribution in [0.15, 0.2) is 28.7 Å². The van der Waals surface area contributed by atoms with Crippen LogP contribution in [0.25, 0.3) is 11.0 Å². The summed E-state index contributed by atoms with van der Waals surface area (Å²) in [6.45, 7) is 4.16. The van der Waals surface area contributed by atoms with E-state index >= 15 is 0 Å². The molecule has 0 atom stereocenters. The minimum Gasteiger partial charge on any atom is -0.451 e. The summed E-state index contributed by atoms with van der Waals surface area (Å²) in [5.41, 5.74) is 0.425. The zero-order valence-electron chi connectivity index (χ0n) is 11.7. The molecule has 1 aromatic heterocycles. The van der Waals surface area contributed by atoms with Crippen LogP contribution in [0.5, 0.6) is 0 Å². The molecule has 21 heavy (non-hydrogen) atoms. The van der Waals surface area contributed by atoms with Crippen LogP contribution in [-0.2, 0) is 0 Å². The highest BCUT2D eigenvalue weighted by Crippen LogP contribution is 2.24. The van der Waals surface area contributed by atoms with Gasteiger partial charge in [-0.1, -0.05) is 6.92 Å². The molecule has 1 heterocycles. The number of carbonyl (C=O) groups is 1. The van der Waals surface area contributed by atoms with Crippen LogP contribution < -0.4 is 10.6 Å². The van der Waals surface area contributed by atoms with E-state index in [4.69, 9.17) is 4.42 Å². The van der Waals surface area contributed by atoms with E-state index in [0.29, 0.717) is 24.1 Å². The fraction of sp³-hybridized carbons (Fsp3) is 0.357. The molecule has 0 radical (unpaired) electrons. The number of hydrogen-bond donors (Lipinski definition) is 2. The predicted octanol–water partition coefficient (Wildman–Crippen LogP) is 2.07. The molecule has 2 N–H and O–H groups in total. The van der Waals surface area contributed by atoms with Crippen molar-refractivity contribution in [2.75, 3.05) is 19.6 Å². The Bertz CT molecular complexity index is 651. The van der Waals surface area contributed by atoms with Gasteiger partial charge in [-0.25, -0.2) is 0 Å². The van der Waals surface area contributed by atoms with Gasteiger partial charge < -0.3 is 15.1 Å². The van der Waals surface area contributed by atoms with E-state index in [2.05, 4.69) is 17.6 Å². The van der Waals surface area contributed by atoms with Gasteiger partial charge in [-0.3, -0.25) is 14.9 Å². The zero-order chi connectivity index (χ0) is 15.2. The van der Waals surface area contributed by atoms with Gasteiger partial charge in [-0.15, -0.1) is 0 Å². The Morgan fingerprint density at radius 1 is 1.29 bits per heavy atom. The second-order valence-corrected chi connectivity index (χ2v) is 4.60. The fourth-order valence-electron chi connectivity index (χ4n) is 1.91. The Kier molecular flexibility index (Phi) is 4.89. The Hall–Kier alpha value is -2.41. The van der Waals surface area contributed by atoms with Crippen molar-refractivity contribution in [3.8, 4) is 0 Å². The molecule has 7 heteroatoms. The van der Waals surface area contributed by atoms with Gasteiger partial charge >= 0.3 is 0 Å². The SMILES string of the molecule is CCCNCCNC(=O)c1cc2cc([N+](=O)[O-])ccc2o1. The first kappa shape index (κ1) is 15.0. The quantitative estimate of drug-likeness (QED) is 0.462. The number of rotatable bonds is 7. The van der Waals surface area contributed by atoms with Crippen LogP contribution >= 0.6 is 0 Å². The maximum atomic E-state index is 11.9. The highest BCUT2D eigenvalue weighted by atomic mass is 16.6. The third-order valence-electron chi connectivity index (χ3n) is 2.95. The molecular weight excluding hydrogens is 274 g/mol. The summed E-state index contributed by atoms with van der Waals surface area (Å²) in [6.07, 6.45) is 1.04. The summed E-state index contributed by atoms with van der Waals surface area (Å²) in [4.78, 5) is 22.1. The molecule has 0 fully saturated rings. The molecule has 0 saturated carbocycles. The first-order valence-electron chi connectivity index (χ1n) is 6.78. The molecule has 0 aliphatic carbocycles. The van der Waals surface area contributed by atoms with Crippen LogP contribution in [-0.4, -0.2) is 30.5 Å². The number of benzene rings is 1. The minimum absolute atomic E-state index is 0.0287. The van der Waals surface area contributed by atoms with E-state index in [1.807, 2.05) is 0 Å². The fourth-order valence-corrected chi connectivity index (χ4v) is 1.91. The van der Waals surface area contributed by atoms with Crippen molar-refractivity contribution in [1.82, 2.24) is 10.6 Å². The number of fused-ring (bicyclic) bond motifs is 1. The third-order valence-corrected chi connectivity index (χ3v) is 2.95. The Balaban J connectivity index is 2.01. The lowest BCUT2D eigenvalue weighted by Gasteiger charge is -2.03. The number of furan rings is 1. The molecule has 0 aliphatic rings. The van der Waals surface area contributed by atoms with E-state index < -0.39 is 4.92 Å². The third kappa shape index (κ3) is 3.79. The number of nitrogens with one attached hydrogen (secondary N) is 2. The number of carbonyl (C=O) groups excluding carboxylic acids is 1. The van der Waals surface area contributed by atoms with Crippen LogP contribution in [0.1, 0.15) is 23.9 Å². The summed E-state index contributed by atoms with van der Waals surface area (Å²) < 4.78 is 5.39. The lowest BCUT2D eigenvalue weighted by molar-refractivity contribution is -0.384. The van der Waals surface area contributed by atoms with Gasteiger partial charge in [-0.2, -0.15) is 0 Å².